The molecule has 0 spiro atoms. The second-order valence-electron chi connectivity index (χ2n) is 6.09. The topological polar surface area (TPSA) is 63.2 Å². The smallest absolute Gasteiger partial charge is 0.229 e. The van der Waals surface area contributed by atoms with Gasteiger partial charge < -0.3 is 15.4 Å². The third-order valence-corrected chi connectivity index (χ3v) is 4.27. The molecule has 3 rings (SSSR count). The van der Waals surface area contributed by atoms with Crippen LogP contribution in [-0.4, -0.2) is 18.0 Å². The number of aryl methyl sites for hydroxylation is 1. The Kier molecular flexibility index (Phi) is 5.94. The van der Waals surface area contributed by atoms with Crippen molar-refractivity contribution in [1.29, 1.82) is 0 Å². The SMILES string of the molecule is COc1ccc(CC(=O)Nc2ccc(Nc3cc(Cl)ccc3C)cn2)cc1. The first-order chi connectivity index (χ1) is 13.0. The molecule has 0 aliphatic carbocycles. The van der Waals surface area contributed by atoms with Crippen LogP contribution in [0.4, 0.5) is 17.2 Å². The minimum atomic E-state index is -0.126. The molecule has 138 valence electrons. The van der Waals surface area contributed by atoms with Gasteiger partial charge in [-0.2, -0.15) is 0 Å². The summed E-state index contributed by atoms with van der Waals surface area (Å²) in [5.74, 6) is 1.14. The Morgan fingerprint density at radius 1 is 1.11 bits per heavy atom. The van der Waals surface area contributed by atoms with E-state index in [4.69, 9.17) is 16.3 Å². The highest BCUT2D eigenvalue weighted by Gasteiger charge is 2.06. The van der Waals surface area contributed by atoms with Crippen LogP contribution in [0.15, 0.2) is 60.8 Å². The maximum Gasteiger partial charge on any atom is 0.229 e. The summed E-state index contributed by atoms with van der Waals surface area (Å²) < 4.78 is 5.11. The van der Waals surface area contributed by atoms with E-state index >= 15 is 0 Å². The van der Waals surface area contributed by atoms with Gasteiger partial charge >= 0.3 is 0 Å². The van der Waals surface area contributed by atoms with E-state index in [-0.39, 0.29) is 12.3 Å². The van der Waals surface area contributed by atoms with Gasteiger partial charge in [-0.05, 0) is 54.4 Å². The van der Waals surface area contributed by atoms with E-state index in [0.717, 1.165) is 28.3 Å². The molecule has 0 saturated heterocycles. The second kappa shape index (κ2) is 8.56. The molecule has 0 saturated carbocycles. The number of amides is 1. The number of anilines is 3. The predicted octanol–water partition coefficient (Wildman–Crippen LogP) is 4.98. The predicted molar refractivity (Wildman–Crippen MR) is 109 cm³/mol. The van der Waals surface area contributed by atoms with Gasteiger partial charge in [0, 0.05) is 10.7 Å². The summed E-state index contributed by atoms with van der Waals surface area (Å²) in [7, 11) is 1.61. The fraction of sp³-hybridized carbons (Fsp3) is 0.143. The Hall–Kier alpha value is -3.05. The highest BCUT2D eigenvalue weighted by molar-refractivity contribution is 6.30. The minimum absolute atomic E-state index is 0.126. The molecule has 1 heterocycles. The fourth-order valence-electron chi connectivity index (χ4n) is 2.54. The Morgan fingerprint density at radius 3 is 2.56 bits per heavy atom. The number of aromatic nitrogens is 1. The first kappa shape index (κ1) is 18.7. The van der Waals surface area contributed by atoms with Gasteiger partial charge in [-0.3, -0.25) is 4.79 Å². The zero-order valence-electron chi connectivity index (χ0n) is 15.1. The summed E-state index contributed by atoms with van der Waals surface area (Å²) in [5, 5.41) is 6.74. The molecule has 0 fully saturated rings. The van der Waals surface area contributed by atoms with Crippen LogP contribution in [0.1, 0.15) is 11.1 Å². The number of nitrogens with zero attached hydrogens (tertiary/aromatic N) is 1. The monoisotopic (exact) mass is 381 g/mol. The number of carbonyl (C=O) groups is 1. The lowest BCUT2D eigenvalue weighted by Gasteiger charge is -2.11. The summed E-state index contributed by atoms with van der Waals surface area (Å²) in [6.45, 7) is 2.00. The van der Waals surface area contributed by atoms with Crippen molar-refractivity contribution in [1.82, 2.24) is 4.98 Å². The van der Waals surface area contributed by atoms with Gasteiger partial charge in [0.25, 0.3) is 0 Å². The van der Waals surface area contributed by atoms with Crippen molar-refractivity contribution in [2.45, 2.75) is 13.3 Å². The van der Waals surface area contributed by atoms with Gasteiger partial charge in [0.1, 0.15) is 11.6 Å². The number of carbonyl (C=O) groups excluding carboxylic acids is 1. The van der Waals surface area contributed by atoms with Crippen LogP contribution in [-0.2, 0) is 11.2 Å². The van der Waals surface area contributed by atoms with Crippen molar-refractivity contribution in [2.24, 2.45) is 0 Å². The van der Waals surface area contributed by atoms with Crippen LogP contribution in [0.2, 0.25) is 5.02 Å². The number of nitrogens with one attached hydrogen (secondary N) is 2. The average Bonchev–Trinajstić information content (AvgIpc) is 2.67. The van der Waals surface area contributed by atoms with Crippen LogP contribution in [0, 0.1) is 6.92 Å². The van der Waals surface area contributed by atoms with Gasteiger partial charge in [-0.15, -0.1) is 0 Å². The van der Waals surface area contributed by atoms with Crippen molar-refractivity contribution in [3.05, 3.63) is 76.9 Å². The van der Waals surface area contributed by atoms with Crippen LogP contribution in [0.25, 0.3) is 0 Å². The molecule has 6 heteroatoms. The normalized spacial score (nSPS) is 10.3. The second-order valence-corrected chi connectivity index (χ2v) is 6.53. The Balaban J connectivity index is 1.59. The summed E-state index contributed by atoms with van der Waals surface area (Å²) in [4.78, 5) is 16.5. The minimum Gasteiger partial charge on any atom is -0.497 e. The lowest BCUT2D eigenvalue weighted by atomic mass is 10.1. The van der Waals surface area contributed by atoms with Gasteiger partial charge in [-0.25, -0.2) is 4.98 Å². The molecule has 0 unspecified atom stereocenters. The van der Waals surface area contributed by atoms with E-state index in [1.54, 1.807) is 19.4 Å². The molecule has 27 heavy (non-hydrogen) atoms. The number of methoxy groups -OCH3 is 1. The van der Waals surface area contributed by atoms with Crippen molar-refractivity contribution in [2.75, 3.05) is 17.7 Å². The number of hydrogen-bond donors (Lipinski definition) is 2. The van der Waals surface area contributed by atoms with E-state index in [2.05, 4.69) is 15.6 Å². The zero-order chi connectivity index (χ0) is 19.2. The maximum absolute atomic E-state index is 12.2. The average molecular weight is 382 g/mol. The molecule has 2 N–H and O–H groups in total. The summed E-state index contributed by atoms with van der Waals surface area (Å²) in [6, 6.07) is 16.7. The Morgan fingerprint density at radius 2 is 1.89 bits per heavy atom. The zero-order valence-corrected chi connectivity index (χ0v) is 15.9. The quantitative estimate of drug-likeness (QED) is 0.632. The highest BCUT2D eigenvalue weighted by Crippen LogP contribution is 2.24. The molecule has 0 aliphatic heterocycles. The van der Waals surface area contributed by atoms with Crippen molar-refractivity contribution < 1.29 is 9.53 Å². The van der Waals surface area contributed by atoms with E-state index < -0.39 is 0 Å². The van der Waals surface area contributed by atoms with E-state index in [9.17, 15) is 4.79 Å². The van der Waals surface area contributed by atoms with Gasteiger partial charge in [-0.1, -0.05) is 29.8 Å². The number of ether oxygens (including phenoxy) is 1. The van der Waals surface area contributed by atoms with Crippen molar-refractivity contribution >= 4 is 34.7 Å². The number of pyridine rings is 1. The molecular formula is C21H20ClN3O2. The van der Waals surface area contributed by atoms with Gasteiger partial charge in [0.05, 0.1) is 25.4 Å². The lowest BCUT2D eigenvalue weighted by Crippen LogP contribution is -2.15. The number of hydrogen-bond acceptors (Lipinski definition) is 4. The van der Waals surface area contributed by atoms with E-state index in [1.165, 1.54) is 0 Å². The molecule has 0 atom stereocenters. The Labute approximate surface area is 163 Å². The largest absolute Gasteiger partial charge is 0.497 e. The number of benzene rings is 2. The lowest BCUT2D eigenvalue weighted by molar-refractivity contribution is -0.115. The molecule has 0 bridgehead atoms. The first-order valence-electron chi connectivity index (χ1n) is 8.45. The molecule has 5 nitrogen and oxygen atoms in total. The van der Waals surface area contributed by atoms with Crippen molar-refractivity contribution in [3.8, 4) is 5.75 Å². The van der Waals surface area contributed by atoms with Crippen LogP contribution >= 0.6 is 11.6 Å². The molecular weight excluding hydrogens is 362 g/mol. The standard InChI is InChI=1S/C21H20ClN3O2/c1-14-3-6-16(22)12-19(14)24-17-7-10-20(23-13-17)25-21(26)11-15-4-8-18(27-2)9-5-15/h3-10,12-13,24H,11H2,1-2H3,(H,23,25,26). The number of rotatable bonds is 6. The summed E-state index contributed by atoms with van der Waals surface area (Å²) in [5.41, 5.74) is 3.72. The molecule has 0 aliphatic rings. The first-order valence-corrected chi connectivity index (χ1v) is 8.83. The summed E-state index contributed by atoms with van der Waals surface area (Å²) in [6.07, 6.45) is 1.94. The number of halogens is 1. The van der Waals surface area contributed by atoms with Crippen LogP contribution in [0.3, 0.4) is 0 Å². The fourth-order valence-corrected chi connectivity index (χ4v) is 2.71. The molecule has 1 aromatic heterocycles. The Bertz CT molecular complexity index is 925. The maximum atomic E-state index is 12.2. The molecule has 2 aromatic carbocycles. The van der Waals surface area contributed by atoms with Crippen LogP contribution in [0.5, 0.6) is 5.75 Å². The van der Waals surface area contributed by atoms with Crippen molar-refractivity contribution in [3.63, 3.8) is 0 Å². The van der Waals surface area contributed by atoms with Crippen LogP contribution < -0.4 is 15.4 Å². The van der Waals surface area contributed by atoms with Gasteiger partial charge in [0.2, 0.25) is 5.91 Å². The molecule has 1 amide bonds. The third kappa shape index (κ3) is 5.21. The molecule has 0 radical (unpaired) electrons. The summed E-state index contributed by atoms with van der Waals surface area (Å²) >= 11 is 6.04. The highest BCUT2D eigenvalue weighted by atomic mass is 35.5. The third-order valence-electron chi connectivity index (χ3n) is 4.03. The van der Waals surface area contributed by atoms with E-state index in [0.29, 0.717) is 10.8 Å². The molecule has 3 aromatic rings. The van der Waals surface area contributed by atoms with Gasteiger partial charge in [0.15, 0.2) is 0 Å². The van der Waals surface area contributed by atoms with E-state index in [1.807, 2.05) is 55.5 Å².